The number of aliphatic hydroxyl groups excluding tert-OH is 1. The molecule has 17 heavy (non-hydrogen) atoms. The Kier molecular flexibility index (Phi) is 6.23. The zero-order valence-corrected chi connectivity index (χ0v) is 11.0. The number of carbonyl (C=O) groups is 1. The molecule has 1 amide bonds. The Morgan fingerprint density at radius 3 is 2.65 bits per heavy atom. The van der Waals surface area contributed by atoms with Crippen molar-refractivity contribution in [1.82, 2.24) is 10.6 Å². The number of aliphatic hydroxyl groups is 1. The second kappa shape index (κ2) is 7.19. The molecule has 1 aliphatic heterocycles. The van der Waals surface area contributed by atoms with E-state index >= 15 is 0 Å². The van der Waals surface area contributed by atoms with E-state index in [4.69, 9.17) is 0 Å². The minimum absolute atomic E-state index is 0. The molecule has 0 aromatic rings. The highest BCUT2D eigenvalue weighted by atomic mass is 35.5. The number of hydrogen-bond acceptors (Lipinski definition) is 3. The maximum atomic E-state index is 11.7. The van der Waals surface area contributed by atoms with Gasteiger partial charge in [0, 0.05) is 12.5 Å². The lowest BCUT2D eigenvalue weighted by molar-refractivity contribution is -0.123. The third kappa shape index (κ3) is 4.12. The molecule has 0 aromatic heterocycles. The second-order valence-corrected chi connectivity index (χ2v) is 5.01. The zero-order chi connectivity index (χ0) is 11.4. The minimum atomic E-state index is -0.217. The summed E-state index contributed by atoms with van der Waals surface area (Å²) in [6, 6.07) is 0.000679. The van der Waals surface area contributed by atoms with Crippen LogP contribution in [0.5, 0.6) is 0 Å². The molecule has 0 radical (unpaired) electrons. The van der Waals surface area contributed by atoms with Crippen LogP contribution in [0.1, 0.15) is 38.5 Å². The molecule has 2 rings (SSSR count). The van der Waals surface area contributed by atoms with Crippen molar-refractivity contribution in [2.24, 2.45) is 5.92 Å². The predicted octanol–water partition coefficient (Wildman–Crippen LogP) is 0.827. The van der Waals surface area contributed by atoms with Crippen molar-refractivity contribution in [3.05, 3.63) is 0 Å². The quantitative estimate of drug-likeness (QED) is 0.706. The van der Waals surface area contributed by atoms with E-state index in [0.29, 0.717) is 6.54 Å². The van der Waals surface area contributed by atoms with E-state index < -0.39 is 0 Å². The van der Waals surface area contributed by atoms with Gasteiger partial charge in [-0.05, 0) is 32.2 Å². The van der Waals surface area contributed by atoms with E-state index in [9.17, 15) is 9.90 Å². The average molecular weight is 263 g/mol. The smallest absolute Gasteiger partial charge is 0.237 e. The molecule has 3 N–H and O–H groups in total. The number of halogens is 1. The normalized spacial score (nSPS) is 32.9. The van der Waals surface area contributed by atoms with Crippen molar-refractivity contribution < 1.29 is 9.90 Å². The molecule has 100 valence electrons. The summed E-state index contributed by atoms with van der Waals surface area (Å²) >= 11 is 0. The monoisotopic (exact) mass is 262 g/mol. The van der Waals surface area contributed by atoms with Gasteiger partial charge in [-0.2, -0.15) is 0 Å². The summed E-state index contributed by atoms with van der Waals surface area (Å²) in [6.45, 7) is 1.59. The third-order valence-electron chi connectivity index (χ3n) is 3.78. The first kappa shape index (κ1) is 14.7. The zero-order valence-electron chi connectivity index (χ0n) is 10.2. The number of rotatable bonds is 3. The maximum Gasteiger partial charge on any atom is 0.237 e. The maximum absolute atomic E-state index is 11.7. The molecular formula is C12H23ClN2O2. The number of carbonyl (C=O) groups excluding carboxylic acids is 1. The van der Waals surface area contributed by atoms with Crippen LogP contribution in [0, 0.1) is 5.92 Å². The lowest BCUT2D eigenvalue weighted by Gasteiger charge is -2.28. The van der Waals surface area contributed by atoms with Gasteiger partial charge in [-0.3, -0.25) is 4.79 Å². The van der Waals surface area contributed by atoms with Crippen molar-refractivity contribution in [2.45, 2.75) is 50.7 Å². The summed E-state index contributed by atoms with van der Waals surface area (Å²) < 4.78 is 0. The SMILES string of the molecule is Cl.O=C(NCC1CCCCC1O)[C@@H]1CCCN1. The molecule has 1 saturated carbocycles. The van der Waals surface area contributed by atoms with Crippen molar-refractivity contribution in [2.75, 3.05) is 13.1 Å². The van der Waals surface area contributed by atoms with Crippen LogP contribution in [-0.4, -0.2) is 36.2 Å². The molecule has 1 aliphatic carbocycles. The fourth-order valence-electron chi connectivity index (χ4n) is 2.69. The van der Waals surface area contributed by atoms with Crippen molar-refractivity contribution in [1.29, 1.82) is 0 Å². The summed E-state index contributed by atoms with van der Waals surface area (Å²) in [5, 5.41) is 15.9. The van der Waals surface area contributed by atoms with Crippen LogP contribution in [0.15, 0.2) is 0 Å². The predicted molar refractivity (Wildman–Crippen MR) is 69.2 cm³/mol. The Morgan fingerprint density at radius 2 is 2.00 bits per heavy atom. The average Bonchev–Trinajstić information content (AvgIpc) is 2.81. The van der Waals surface area contributed by atoms with E-state index in [0.717, 1.165) is 38.6 Å². The van der Waals surface area contributed by atoms with Crippen LogP contribution < -0.4 is 10.6 Å². The number of hydrogen-bond donors (Lipinski definition) is 3. The molecule has 5 heteroatoms. The molecule has 1 saturated heterocycles. The fourth-order valence-corrected chi connectivity index (χ4v) is 2.69. The van der Waals surface area contributed by atoms with Crippen LogP contribution in [-0.2, 0) is 4.79 Å². The van der Waals surface area contributed by atoms with Crippen LogP contribution in [0.25, 0.3) is 0 Å². The lowest BCUT2D eigenvalue weighted by atomic mass is 9.86. The minimum Gasteiger partial charge on any atom is -0.393 e. The van der Waals surface area contributed by atoms with E-state index in [-0.39, 0.29) is 36.4 Å². The molecule has 0 spiro atoms. The van der Waals surface area contributed by atoms with Gasteiger partial charge < -0.3 is 15.7 Å². The summed E-state index contributed by atoms with van der Waals surface area (Å²) in [6.07, 6.45) is 6.05. The second-order valence-electron chi connectivity index (χ2n) is 5.01. The molecule has 2 aliphatic rings. The van der Waals surface area contributed by atoms with Crippen molar-refractivity contribution in [3.63, 3.8) is 0 Å². The van der Waals surface area contributed by atoms with Crippen LogP contribution >= 0.6 is 12.4 Å². The van der Waals surface area contributed by atoms with Gasteiger partial charge in [0.1, 0.15) is 0 Å². The van der Waals surface area contributed by atoms with E-state index in [1.54, 1.807) is 0 Å². The highest BCUT2D eigenvalue weighted by molar-refractivity contribution is 5.85. The third-order valence-corrected chi connectivity index (χ3v) is 3.78. The molecule has 2 unspecified atom stereocenters. The molecule has 1 heterocycles. The fraction of sp³-hybridized carbons (Fsp3) is 0.917. The summed E-state index contributed by atoms with van der Waals surface area (Å²) in [4.78, 5) is 11.7. The van der Waals surface area contributed by atoms with Crippen LogP contribution in [0.4, 0.5) is 0 Å². The largest absolute Gasteiger partial charge is 0.393 e. The van der Waals surface area contributed by atoms with Crippen molar-refractivity contribution >= 4 is 18.3 Å². The Labute approximate surface area is 109 Å². The first-order chi connectivity index (χ1) is 7.77. The highest BCUT2D eigenvalue weighted by Gasteiger charge is 2.26. The summed E-state index contributed by atoms with van der Waals surface area (Å²) in [7, 11) is 0. The molecule has 0 bridgehead atoms. The van der Waals surface area contributed by atoms with Gasteiger partial charge in [-0.1, -0.05) is 12.8 Å². The Morgan fingerprint density at radius 1 is 1.24 bits per heavy atom. The van der Waals surface area contributed by atoms with E-state index in [1.165, 1.54) is 6.42 Å². The van der Waals surface area contributed by atoms with Crippen LogP contribution in [0.3, 0.4) is 0 Å². The van der Waals surface area contributed by atoms with E-state index in [2.05, 4.69) is 10.6 Å². The van der Waals surface area contributed by atoms with Gasteiger partial charge in [-0.15, -0.1) is 12.4 Å². The number of amides is 1. The van der Waals surface area contributed by atoms with Gasteiger partial charge in [-0.25, -0.2) is 0 Å². The summed E-state index contributed by atoms with van der Waals surface area (Å²) in [5.41, 5.74) is 0. The van der Waals surface area contributed by atoms with Gasteiger partial charge in [0.2, 0.25) is 5.91 Å². The highest BCUT2D eigenvalue weighted by Crippen LogP contribution is 2.23. The molecular weight excluding hydrogens is 240 g/mol. The first-order valence-corrected chi connectivity index (χ1v) is 6.46. The molecule has 4 nitrogen and oxygen atoms in total. The Hall–Kier alpha value is -0.320. The molecule has 0 aromatic carbocycles. The van der Waals surface area contributed by atoms with Crippen LogP contribution in [0.2, 0.25) is 0 Å². The topological polar surface area (TPSA) is 61.4 Å². The molecule has 2 fully saturated rings. The Bertz CT molecular complexity index is 245. The standard InChI is InChI=1S/C12H22N2O2.ClH/c15-11-6-2-1-4-9(11)8-14-12(16)10-5-3-7-13-10;/h9-11,13,15H,1-8H2,(H,14,16);1H/t9?,10-,11?;/m0./s1. The first-order valence-electron chi connectivity index (χ1n) is 6.46. The van der Waals surface area contributed by atoms with Gasteiger partial charge in [0.25, 0.3) is 0 Å². The van der Waals surface area contributed by atoms with Gasteiger partial charge >= 0.3 is 0 Å². The Balaban J connectivity index is 0.00000144. The van der Waals surface area contributed by atoms with Gasteiger partial charge in [0.15, 0.2) is 0 Å². The summed E-state index contributed by atoms with van der Waals surface area (Å²) in [5.74, 6) is 0.370. The van der Waals surface area contributed by atoms with Gasteiger partial charge in [0.05, 0.1) is 12.1 Å². The van der Waals surface area contributed by atoms with Crippen molar-refractivity contribution in [3.8, 4) is 0 Å². The lowest BCUT2D eigenvalue weighted by Crippen LogP contribution is -2.44. The number of nitrogens with one attached hydrogen (secondary N) is 2. The van der Waals surface area contributed by atoms with E-state index in [1.807, 2.05) is 0 Å². The molecule has 3 atom stereocenters.